The molecule has 0 saturated heterocycles. The molecule has 0 fully saturated rings. The summed E-state index contributed by atoms with van der Waals surface area (Å²) in [6.45, 7) is 1.43. The minimum absolute atomic E-state index is 0.0807. The second-order valence-corrected chi connectivity index (χ2v) is 6.48. The molecule has 0 bridgehead atoms. The van der Waals surface area contributed by atoms with Crippen LogP contribution < -0.4 is 9.47 Å². The summed E-state index contributed by atoms with van der Waals surface area (Å²) in [5.74, 6) is 3.84. The fourth-order valence-electron chi connectivity index (χ4n) is 2.29. The number of fused-ring (bicyclic) bond motifs is 1. The first-order valence-corrected chi connectivity index (χ1v) is 8.02. The summed E-state index contributed by atoms with van der Waals surface area (Å²) in [7, 11) is 1.99. The maximum absolute atomic E-state index is 12.7. The van der Waals surface area contributed by atoms with Crippen molar-refractivity contribution in [3.05, 3.63) is 34.2 Å². The van der Waals surface area contributed by atoms with E-state index in [-0.39, 0.29) is 39.1 Å². The van der Waals surface area contributed by atoms with E-state index in [1.807, 2.05) is 0 Å². The van der Waals surface area contributed by atoms with Crippen LogP contribution in [0, 0.1) is 0 Å². The van der Waals surface area contributed by atoms with Gasteiger partial charge < -0.3 is 9.47 Å². The van der Waals surface area contributed by atoms with Crippen molar-refractivity contribution in [1.82, 2.24) is 0 Å². The van der Waals surface area contributed by atoms with Crippen LogP contribution in [0.4, 0.5) is 0 Å². The SMILES string of the molecule is C=S(CC(C)=O)C1=CC(=O)c2c(OC)ccc(OC)c2C1=O. The highest BCUT2D eigenvalue weighted by Crippen LogP contribution is 2.39. The average Bonchev–Trinajstić information content (AvgIpc) is 2.48. The highest BCUT2D eigenvalue weighted by molar-refractivity contribution is 8.18. The summed E-state index contributed by atoms with van der Waals surface area (Å²) >= 11 is 0. The smallest absolute Gasteiger partial charge is 0.203 e. The molecule has 1 aromatic carbocycles. The van der Waals surface area contributed by atoms with Crippen LogP contribution in [0.15, 0.2) is 23.1 Å². The molecule has 1 unspecified atom stereocenters. The first kappa shape index (κ1) is 16.2. The number of methoxy groups -OCH3 is 2. The summed E-state index contributed by atoms with van der Waals surface area (Å²) in [4.78, 5) is 36.6. The van der Waals surface area contributed by atoms with Crippen molar-refractivity contribution in [3.63, 3.8) is 0 Å². The van der Waals surface area contributed by atoms with Gasteiger partial charge in [-0.25, -0.2) is 0 Å². The molecule has 0 amide bonds. The Hall–Kier alpha value is -2.21. The van der Waals surface area contributed by atoms with E-state index >= 15 is 0 Å². The number of allylic oxidation sites excluding steroid dienone is 2. The van der Waals surface area contributed by atoms with Crippen molar-refractivity contribution >= 4 is 33.7 Å². The highest BCUT2D eigenvalue weighted by atomic mass is 32.2. The molecular formula is C16H16O5S. The fraction of sp³-hybridized carbons (Fsp3) is 0.250. The molecule has 1 aliphatic rings. The number of Topliss-reactive ketones (excluding diaryl/α,β-unsaturated/α-hetero) is 2. The van der Waals surface area contributed by atoms with Gasteiger partial charge >= 0.3 is 0 Å². The van der Waals surface area contributed by atoms with Gasteiger partial charge in [0.1, 0.15) is 17.3 Å². The Morgan fingerprint density at radius 1 is 1.14 bits per heavy atom. The van der Waals surface area contributed by atoms with Gasteiger partial charge in [0.2, 0.25) is 5.78 Å². The van der Waals surface area contributed by atoms with Crippen LogP contribution in [-0.4, -0.2) is 43.2 Å². The number of benzene rings is 1. The number of carbonyl (C=O) groups is 3. The predicted molar refractivity (Wildman–Crippen MR) is 86.6 cm³/mol. The van der Waals surface area contributed by atoms with Gasteiger partial charge in [0, 0.05) is 6.08 Å². The summed E-state index contributed by atoms with van der Waals surface area (Å²) < 4.78 is 10.4. The topological polar surface area (TPSA) is 69.7 Å². The maximum atomic E-state index is 12.7. The monoisotopic (exact) mass is 320 g/mol. The maximum Gasteiger partial charge on any atom is 0.203 e. The molecule has 1 aromatic rings. The van der Waals surface area contributed by atoms with Crippen LogP contribution in [0.5, 0.6) is 11.5 Å². The third kappa shape index (κ3) is 2.74. The van der Waals surface area contributed by atoms with E-state index in [4.69, 9.17) is 9.47 Å². The van der Waals surface area contributed by atoms with Gasteiger partial charge in [-0.05, 0) is 19.1 Å². The van der Waals surface area contributed by atoms with Crippen LogP contribution in [0.1, 0.15) is 27.6 Å². The second-order valence-electron chi connectivity index (χ2n) is 4.76. The van der Waals surface area contributed by atoms with Crippen LogP contribution in [0.2, 0.25) is 0 Å². The van der Waals surface area contributed by atoms with Crippen molar-refractivity contribution in [1.29, 1.82) is 0 Å². The molecule has 1 aliphatic carbocycles. The Kier molecular flexibility index (Phi) is 4.61. The van der Waals surface area contributed by atoms with Gasteiger partial charge in [0.15, 0.2) is 5.78 Å². The van der Waals surface area contributed by atoms with E-state index in [2.05, 4.69) is 5.87 Å². The zero-order chi connectivity index (χ0) is 16.4. The third-order valence-electron chi connectivity index (χ3n) is 3.22. The van der Waals surface area contributed by atoms with Gasteiger partial charge in [0.05, 0.1) is 36.0 Å². The number of ether oxygens (including phenoxy) is 2. The summed E-state index contributed by atoms with van der Waals surface area (Å²) in [5, 5.41) is 0. The van der Waals surface area contributed by atoms with Gasteiger partial charge in [0.25, 0.3) is 0 Å². The standard InChI is InChI=1S/C16H16O5S/c1-9(17)8-22(4)13-7-10(18)14-11(20-2)5-6-12(21-3)15(14)16(13)19/h5-7H,4,8H2,1-3H3. The van der Waals surface area contributed by atoms with Crippen molar-refractivity contribution < 1.29 is 23.9 Å². The molecule has 5 nitrogen and oxygen atoms in total. The number of ketones is 3. The number of carbonyl (C=O) groups excluding carboxylic acids is 3. The summed E-state index contributed by atoms with van der Waals surface area (Å²) in [6.07, 6.45) is 1.26. The zero-order valence-electron chi connectivity index (χ0n) is 12.6. The molecular weight excluding hydrogens is 304 g/mol. The van der Waals surface area contributed by atoms with Crippen LogP contribution in [-0.2, 0) is 4.79 Å². The fourth-order valence-corrected chi connectivity index (χ4v) is 3.58. The van der Waals surface area contributed by atoms with Crippen LogP contribution in [0.3, 0.4) is 0 Å². The lowest BCUT2D eigenvalue weighted by molar-refractivity contribution is -0.114. The Bertz CT molecular complexity index is 730. The number of hydrogen-bond donors (Lipinski definition) is 0. The number of rotatable bonds is 5. The Morgan fingerprint density at radius 2 is 1.68 bits per heavy atom. The average molecular weight is 320 g/mol. The zero-order valence-corrected chi connectivity index (χ0v) is 13.4. The minimum Gasteiger partial charge on any atom is -0.496 e. The normalized spacial score (nSPS) is 15.0. The van der Waals surface area contributed by atoms with Gasteiger partial charge in [-0.2, -0.15) is 10.5 Å². The van der Waals surface area contributed by atoms with Gasteiger partial charge in [-0.15, -0.1) is 0 Å². The Labute approximate surface area is 130 Å². The summed E-state index contributed by atoms with van der Waals surface area (Å²) in [6, 6.07) is 3.17. The molecule has 22 heavy (non-hydrogen) atoms. The first-order chi connectivity index (χ1) is 10.4. The van der Waals surface area contributed by atoms with E-state index in [1.165, 1.54) is 27.2 Å². The molecule has 0 spiro atoms. The largest absolute Gasteiger partial charge is 0.496 e. The van der Waals surface area contributed by atoms with E-state index in [1.54, 1.807) is 12.1 Å². The van der Waals surface area contributed by atoms with E-state index in [0.717, 1.165) is 0 Å². The Balaban J connectivity index is 2.61. The molecule has 0 radical (unpaired) electrons. The summed E-state index contributed by atoms with van der Waals surface area (Å²) in [5.41, 5.74) is 0.365. The molecule has 116 valence electrons. The predicted octanol–water partition coefficient (Wildman–Crippen LogP) is 2.26. The Morgan fingerprint density at radius 3 is 2.18 bits per heavy atom. The van der Waals surface area contributed by atoms with Crippen LogP contribution in [0.25, 0.3) is 0 Å². The van der Waals surface area contributed by atoms with Crippen LogP contribution >= 0.6 is 10.5 Å². The quantitative estimate of drug-likeness (QED) is 0.778. The second kappa shape index (κ2) is 6.27. The van der Waals surface area contributed by atoms with Crippen molar-refractivity contribution in [2.45, 2.75) is 6.92 Å². The van der Waals surface area contributed by atoms with E-state index < -0.39 is 10.5 Å². The van der Waals surface area contributed by atoms with E-state index in [9.17, 15) is 14.4 Å². The lowest BCUT2D eigenvalue weighted by Gasteiger charge is -2.21. The van der Waals surface area contributed by atoms with E-state index in [0.29, 0.717) is 11.5 Å². The van der Waals surface area contributed by atoms with Crippen molar-refractivity contribution in [3.8, 4) is 11.5 Å². The van der Waals surface area contributed by atoms with Gasteiger partial charge in [-0.3, -0.25) is 14.4 Å². The molecule has 1 atom stereocenters. The molecule has 2 rings (SSSR count). The molecule has 0 aliphatic heterocycles. The molecule has 0 aromatic heterocycles. The van der Waals surface area contributed by atoms with Gasteiger partial charge in [-0.1, -0.05) is 5.87 Å². The van der Waals surface area contributed by atoms with Crippen molar-refractivity contribution in [2.24, 2.45) is 0 Å². The number of hydrogen-bond acceptors (Lipinski definition) is 5. The lowest BCUT2D eigenvalue weighted by atomic mass is 9.93. The molecule has 0 heterocycles. The molecule has 0 N–H and O–H groups in total. The highest BCUT2D eigenvalue weighted by Gasteiger charge is 2.32. The molecule has 0 saturated carbocycles. The van der Waals surface area contributed by atoms with Crippen molar-refractivity contribution in [2.75, 3.05) is 20.0 Å². The lowest BCUT2D eigenvalue weighted by Crippen LogP contribution is -2.19. The first-order valence-electron chi connectivity index (χ1n) is 6.46. The third-order valence-corrected chi connectivity index (χ3v) is 4.90. The minimum atomic E-state index is -0.869. The molecule has 6 heteroatoms.